The van der Waals surface area contributed by atoms with Gasteiger partial charge in [0.1, 0.15) is 11.8 Å². The van der Waals surface area contributed by atoms with Gasteiger partial charge < -0.3 is 20.3 Å². The lowest BCUT2D eigenvalue weighted by Crippen LogP contribution is -2.51. The average Bonchev–Trinajstić information content (AvgIpc) is 2.72. The Morgan fingerprint density at radius 3 is 2.13 bits per heavy atom. The summed E-state index contributed by atoms with van der Waals surface area (Å²) in [4.78, 5) is 27.5. The van der Waals surface area contributed by atoms with E-state index in [-0.39, 0.29) is 23.8 Å². The minimum atomic E-state index is -0.646. The van der Waals surface area contributed by atoms with Gasteiger partial charge in [-0.1, -0.05) is 37.6 Å². The quantitative estimate of drug-likeness (QED) is 0.637. The monoisotopic (exact) mass is 431 g/mol. The molecule has 2 N–H and O–H groups in total. The normalized spacial score (nSPS) is 13.1. The SMILES string of the molecule is COc1ccc(C(CNC(=O)C(NC(=O)c2ccc(Cl)cc2)C(C)C)N(C)C)cc1. The zero-order chi connectivity index (χ0) is 22.3. The van der Waals surface area contributed by atoms with E-state index in [9.17, 15) is 9.59 Å². The van der Waals surface area contributed by atoms with Gasteiger partial charge in [0.2, 0.25) is 5.91 Å². The molecule has 2 aromatic rings. The van der Waals surface area contributed by atoms with Crippen molar-refractivity contribution in [2.45, 2.75) is 25.9 Å². The molecule has 0 radical (unpaired) electrons. The maximum atomic E-state index is 12.9. The Kier molecular flexibility index (Phi) is 8.69. The Bertz CT molecular complexity index is 836. The molecule has 7 heteroatoms. The van der Waals surface area contributed by atoms with Crippen LogP contribution in [0.2, 0.25) is 5.02 Å². The lowest BCUT2D eigenvalue weighted by molar-refractivity contribution is -0.124. The highest BCUT2D eigenvalue weighted by Crippen LogP contribution is 2.21. The van der Waals surface area contributed by atoms with E-state index < -0.39 is 6.04 Å². The van der Waals surface area contributed by atoms with Crippen molar-refractivity contribution in [1.82, 2.24) is 15.5 Å². The van der Waals surface area contributed by atoms with Gasteiger partial charge in [0.15, 0.2) is 0 Å². The summed E-state index contributed by atoms with van der Waals surface area (Å²) in [6.07, 6.45) is 0. The van der Waals surface area contributed by atoms with Crippen molar-refractivity contribution >= 4 is 23.4 Å². The van der Waals surface area contributed by atoms with Crippen molar-refractivity contribution in [1.29, 1.82) is 0 Å². The topological polar surface area (TPSA) is 70.7 Å². The highest BCUT2D eigenvalue weighted by Gasteiger charge is 2.26. The second-order valence-electron chi connectivity index (χ2n) is 7.70. The first-order valence-corrected chi connectivity index (χ1v) is 10.2. The van der Waals surface area contributed by atoms with Crippen molar-refractivity contribution in [2.75, 3.05) is 27.7 Å². The predicted octanol–water partition coefficient (Wildman–Crippen LogP) is 3.52. The summed E-state index contributed by atoms with van der Waals surface area (Å²) in [5, 5.41) is 6.38. The number of amides is 2. The van der Waals surface area contributed by atoms with Gasteiger partial charge in [-0.05, 0) is 62.0 Å². The van der Waals surface area contributed by atoms with Gasteiger partial charge in [-0.15, -0.1) is 0 Å². The van der Waals surface area contributed by atoms with Crippen molar-refractivity contribution in [2.24, 2.45) is 5.92 Å². The zero-order valence-corrected chi connectivity index (χ0v) is 18.9. The summed E-state index contributed by atoms with van der Waals surface area (Å²) in [6, 6.07) is 13.7. The second-order valence-corrected chi connectivity index (χ2v) is 8.14. The number of carbonyl (C=O) groups excluding carboxylic acids is 2. The molecule has 6 nitrogen and oxygen atoms in total. The third-order valence-corrected chi connectivity index (χ3v) is 5.19. The smallest absolute Gasteiger partial charge is 0.251 e. The van der Waals surface area contributed by atoms with Crippen LogP contribution in [-0.2, 0) is 4.79 Å². The van der Waals surface area contributed by atoms with Crippen LogP contribution in [0, 0.1) is 5.92 Å². The summed E-state index contributed by atoms with van der Waals surface area (Å²) in [5.41, 5.74) is 1.52. The van der Waals surface area contributed by atoms with Crippen LogP contribution in [0.5, 0.6) is 5.75 Å². The van der Waals surface area contributed by atoms with Gasteiger partial charge in [-0.2, -0.15) is 0 Å². The Hall–Kier alpha value is -2.57. The third-order valence-electron chi connectivity index (χ3n) is 4.94. The first kappa shape index (κ1) is 23.7. The maximum absolute atomic E-state index is 12.9. The number of hydrogen-bond donors (Lipinski definition) is 2. The highest BCUT2D eigenvalue weighted by atomic mass is 35.5. The fourth-order valence-corrected chi connectivity index (χ4v) is 3.22. The summed E-state index contributed by atoms with van der Waals surface area (Å²) in [6.45, 7) is 4.22. The molecule has 0 fully saturated rings. The molecule has 0 heterocycles. The number of hydrogen-bond acceptors (Lipinski definition) is 4. The second kappa shape index (κ2) is 11.0. The Morgan fingerprint density at radius 2 is 1.63 bits per heavy atom. The van der Waals surface area contributed by atoms with E-state index in [1.807, 2.05) is 57.1 Å². The van der Waals surface area contributed by atoms with Gasteiger partial charge in [-0.25, -0.2) is 0 Å². The number of nitrogens with zero attached hydrogens (tertiary/aromatic N) is 1. The fraction of sp³-hybridized carbons (Fsp3) is 0.391. The Labute approximate surface area is 183 Å². The highest BCUT2D eigenvalue weighted by molar-refractivity contribution is 6.30. The molecular formula is C23H30ClN3O3. The molecule has 0 aliphatic carbocycles. The van der Waals surface area contributed by atoms with Gasteiger partial charge in [0.05, 0.1) is 13.2 Å². The zero-order valence-electron chi connectivity index (χ0n) is 18.1. The molecule has 0 aliphatic rings. The van der Waals surface area contributed by atoms with Crippen molar-refractivity contribution in [3.8, 4) is 5.75 Å². The molecule has 0 bridgehead atoms. The maximum Gasteiger partial charge on any atom is 0.251 e. The van der Waals surface area contributed by atoms with E-state index in [4.69, 9.17) is 16.3 Å². The standard InChI is InChI=1S/C23H30ClN3O3/c1-15(2)21(26-22(28)17-6-10-18(24)11-7-17)23(29)25-14-20(27(3)4)16-8-12-19(30-5)13-9-16/h6-13,15,20-21H,14H2,1-5H3,(H,25,29)(H,26,28). The van der Waals surface area contributed by atoms with Crippen molar-refractivity contribution in [3.63, 3.8) is 0 Å². The third kappa shape index (κ3) is 6.47. The summed E-state index contributed by atoms with van der Waals surface area (Å²) in [7, 11) is 5.55. The summed E-state index contributed by atoms with van der Waals surface area (Å²) >= 11 is 5.88. The minimum Gasteiger partial charge on any atom is -0.497 e. The number of carbonyl (C=O) groups is 2. The van der Waals surface area contributed by atoms with E-state index in [0.29, 0.717) is 17.1 Å². The van der Waals surface area contributed by atoms with Gasteiger partial charge >= 0.3 is 0 Å². The van der Waals surface area contributed by atoms with E-state index in [1.54, 1.807) is 31.4 Å². The first-order chi connectivity index (χ1) is 14.2. The molecule has 0 saturated heterocycles. The number of rotatable bonds is 9. The van der Waals surface area contributed by atoms with Crippen LogP contribution in [0.1, 0.15) is 35.8 Å². The van der Waals surface area contributed by atoms with Crippen LogP contribution in [-0.4, -0.2) is 50.5 Å². The Balaban J connectivity index is 2.05. The average molecular weight is 432 g/mol. The van der Waals surface area contributed by atoms with E-state index in [2.05, 4.69) is 10.6 Å². The molecule has 162 valence electrons. The molecule has 2 aromatic carbocycles. The number of nitrogens with one attached hydrogen (secondary N) is 2. The first-order valence-electron chi connectivity index (χ1n) is 9.87. The summed E-state index contributed by atoms with van der Waals surface area (Å²) in [5.74, 6) is 0.192. The molecular weight excluding hydrogens is 402 g/mol. The van der Waals surface area contributed by atoms with Gasteiger partial charge in [0.25, 0.3) is 5.91 Å². The lowest BCUT2D eigenvalue weighted by atomic mass is 10.0. The molecule has 0 aliphatic heterocycles. The van der Waals surface area contributed by atoms with Crippen LogP contribution in [0.15, 0.2) is 48.5 Å². The molecule has 0 aromatic heterocycles. The number of halogens is 1. The van der Waals surface area contributed by atoms with Crippen LogP contribution < -0.4 is 15.4 Å². The lowest BCUT2D eigenvalue weighted by Gasteiger charge is -2.27. The fourth-order valence-electron chi connectivity index (χ4n) is 3.09. The molecule has 30 heavy (non-hydrogen) atoms. The molecule has 2 rings (SSSR count). The summed E-state index contributed by atoms with van der Waals surface area (Å²) < 4.78 is 5.21. The molecule has 2 atom stereocenters. The van der Waals surface area contributed by atoms with Crippen LogP contribution in [0.3, 0.4) is 0 Å². The predicted molar refractivity (Wildman–Crippen MR) is 120 cm³/mol. The van der Waals surface area contributed by atoms with Crippen molar-refractivity contribution in [3.05, 3.63) is 64.7 Å². The number of likely N-dealkylation sites (N-methyl/N-ethyl adjacent to an activating group) is 1. The molecule has 2 amide bonds. The van der Waals surface area contributed by atoms with E-state index >= 15 is 0 Å². The largest absolute Gasteiger partial charge is 0.497 e. The number of methoxy groups -OCH3 is 1. The van der Waals surface area contributed by atoms with Crippen LogP contribution in [0.4, 0.5) is 0 Å². The van der Waals surface area contributed by atoms with Gasteiger partial charge in [-0.3, -0.25) is 9.59 Å². The number of ether oxygens (including phenoxy) is 1. The Morgan fingerprint density at radius 1 is 1.03 bits per heavy atom. The van der Waals surface area contributed by atoms with E-state index in [1.165, 1.54) is 0 Å². The molecule has 0 spiro atoms. The van der Waals surface area contributed by atoms with Crippen molar-refractivity contribution < 1.29 is 14.3 Å². The van der Waals surface area contributed by atoms with Crippen LogP contribution >= 0.6 is 11.6 Å². The molecule has 2 unspecified atom stereocenters. The minimum absolute atomic E-state index is 0.0142. The van der Waals surface area contributed by atoms with Gasteiger partial charge in [0, 0.05) is 17.1 Å². The van der Waals surface area contributed by atoms with Crippen LogP contribution in [0.25, 0.3) is 0 Å². The van der Waals surface area contributed by atoms with E-state index in [0.717, 1.165) is 11.3 Å². The molecule has 0 saturated carbocycles. The number of benzene rings is 2.